The Labute approximate surface area is 790 Å². The van der Waals surface area contributed by atoms with Crippen molar-refractivity contribution < 1.29 is 38.3 Å². The molecular formula is C100H101Br2Cl6N11O9. The van der Waals surface area contributed by atoms with E-state index in [1.807, 2.05) is 121 Å². The lowest BCUT2D eigenvalue weighted by molar-refractivity contribution is -0.384. The number of carbonyl (C=O) groups excluding carboxylic acids is 3. The van der Waals surface area contributed by atoms with Gasteiger partial charge in [-0.3, -0.25) is 29.6 Å². The molecule has 128 heavy (non-hydrogen) atoms. The lowest BCUT2D eigenvalue weighted by Crippen LogP contribution is -2.42. The van der Waals surface area contributed by atoms with Crippen LogP contribution >= 0.6 is 101 Å². The second-order valence-corrected chi connectivity index (χ2v) is 37.5. The van der Waals surface area contributed by atoms with Gasteiger partial charge in [-0.05, 0) is 236 Å². The lowest BCUT2D eigenvalue weighted by atomic mass is 9.79. The van der Waals surface area contributed by atoms with Gasteiger partial charge >= 0.3 is 12.2 Å². The highest BCUT2D eigenvalue weighted by Crippen LogP contribution is 2.47. The minimum Gasteiger partial charge on any atom is -0.450 e. The molecule has 1 aliphatic carbocycles. The van der Waals surface area contributed by atoms with E-state index in [1.54, 1.807) is 30.2 Å². The van der Waals surface area contributed by atoms with Crippen molar-refractivity contribution in [2.75, 3.05) is 72.9 Å². The Kier molecular flexibility index (Phi) is 30.0. The van der Waals surface area contributed by atoms with Gasteiger partial charge in [-0.25, -0.2) is 9.59 Å². The van der Waals surface area contributed by atoms with E-state index < -0.39 is 0 Å². The van der Waals surface area contributed by atoms with Gasteiger partial charge in [0, 0.05) is 187 Å². The quantitative estimate of drug-likeness (QED) is 0.0302. The zero-order valence-corrected chi connectivity index (χ0v) is 79.3. The van der Waals surface area contributed by atoms with Crippen molar-refractivity contribution in [3.63, 3.8) is 0 Å². The molecule has 1 fully saturated rings. The zero-order chi connectivity index (χ0) is 89.4. The number of ether oxygens (including phenoxy) is 4. The van der Waals surface area contributed by atoms with Crippen molar-refractivity contribution in [1.29, 1.82) is 0 Å². The number of hydrogen-bond donors (Lipinski definition) is 6. The number of halogens is 8. The van der Waals surface area contributed by atoms with E-state index in [-0.39, 0.29) is 59.5 Å². The molecule has 6 N–H and O–H groups in total. The van der Waals surface area contributed by atoms with Gasteiger partial charge in [0.15, 0.2) is 0 Å². The van der Waals surface area contributed by atoms with E-state index in [9.17, 15) is 24.5 Å². The van der Waals surface area contributed by atoms with Gasteiger partial charge in [0.05, 0.1) is 61.6 Å². The van der Waals surface area contributed by atoms with Crippen LogP contribution in [-0.4, -0.2) is 140 Å². The Morgan fingerprint density at radius 1 is 0.484 bits per heavy atom. The van der Waals surface area contributed by atoms with Crippen LogP contribution in [0.3, 0.4) is 0 Å². The van der Waals surface area contributed by atoms with Crippen molar-refractivity contribution in [3.8, 4) is 0 Å². The third-order valence-electron chi connectivity index (χ3n) is 25.4. The number of rotatable bonds is 16. The summed E-state index contributed by atoms with van der Waals surface area (Å²) in [5, 5.41) is 24.6. The molecule has 20 rings (SSSR count). The molecule has 5 aromatic heterocycles. The Bertz CT molecular complexity index is 6350. The van der Waals surface area contributed by atoms with Crippen LogP contribution in [0.1, 0.15) is 168 Å². The summed E-state index contributed by atoms with van der Waals surface area (Å²) >= 11 is 44.3. The molecule has 0 radical (unpaired) electrons. The smallest absolute Gasteiger partial charge is 0.410 e. The van der Waals surface area contributed by atoms with E-state index in [1.165, 1.54) is 104 Å². The molecule has 0 bridgehead atoms. The van der Waals surface area contributed by atoms with Crippen molar-refractivity contribution in [3.05, 3.63) is 316 Å². The maximum atomic E-state index is 13.0. The first kappa shape index (κ1) is 91.9. The number of H-pyrrole nitrogens is 5. The van der Waals surface area contributed by atoms with Gasteiger partial charge in [0.1, 0.15) is 6.61 Å². The second-order valence-electron chi connectivity index (χ2n) is 33.1. The molecule has 1 saturated carbocycles. The number of nitrogens with one attached hydrogen (secondary N) is 6. The molecule has 5 atom stereocenters. The van der Waals surface area contributed by atoms with Crippen LogP contribution in [0.5, 0.6) is 0 Å². The molecule has 0 saturated heterocycles. The number of carbonyl (C=O) groups is 3. The maximum absolute atomic E-state index is 13.0. The van der Waals surface area contributed by atoms with Crippen LogP contribution in [0.2, 0.25) is 30.1 Å². The molecule has 5 aliphatic heterocycles. The van der Waals surface area contributed by atoms with E-state index in [0.717, 1.165) is 150 Å². The fourth-order valence-corrected chi connectivity index (χ4v) is 21.4. The zero-order valence-electron chi connectivity index (χ0n) is 71.6. The highest BCUT2D eigenvalue weighted by molar-refractivity contribution is 9.10. The molecule has 5 unspecified atom stereocenters. The number of fused-ring (bicyclic) bond motifs is 15. The number of benzene rings is 9. The van der Waals surface area contributed by atoms with E-state index in [0.29, 0.717) is 78.6 Å². The standard InChI is InChI=1S/C24H27ClN2.C22H22BrClN2O3.C21H19BrCl2N2O2.C17H14ClN3O2.C16H19ClN2O2/c25-19-11-12-22-21(15-19)20-13-14-27(16-17-7-3-1-4-8-17)24(23(20)26-22)18-9-5-2-6-10-18;1-28-10-11-29-13-20(27)26-9-8-17-18-12-15(23)4-7-19(18)25-21(17)22(26)14-2-5-16(24)6-3-14;1-2-28-21(27)26-8-7-15-16-10-13(22)4-6-18(16)25-20(15)19(26)9-12-3-5-14(23)11-17(12)24;18-11-4-5-15-14(9-11)13-6-7-19-16(17(13)20-15)10-2-1-3-12(8-10)21(22)23;1-3-14-15-11(7-8-19(14)16(20)21-4-2)12-9-10(17)5-6-13(12)18-15/h1,3-4,7-8,11-12,15,18,24,26H,2,5-6,9-10,13-14,16H2;2-7,12,22,25H,8-11,13H2,1H3;3-6,10-11,19,25H,2,7-9H2,1H3;1-5,8-9,16,19-20H,6-7H2;5-6,9,14,18H,3-4,7-8H2,1-2H3. The summed E-state index contributed by atoms with van der Waals surface area (Å²) in [5.74, 6) is 0.719. The van der Waals surface area contributed by atoms with Crippen LogP contribution in [0.25, 0.3) is 54.5 Å². The van der Waals surface area contributed by atoms with Crippen LogP contribution in [0.15, 0.2) is 197 Å². The Morgan fingerprint density at radius 3 is 1.55 bits per heavy atom. The number of hydrogen-bond acceptors (Lipinski definition) is 11. The Morgan fingerprint density at radius 2 is 0.977 bits per heavy atom. The largest absolute Gasteiger partial charge is 0.450 e. The van der Waals surface area contributed by atoms with Gasteiger partial charge in [-0.2, -0.15) is 0 Å². The first-order chi connectivity index (χ1) is 62.1. The highest BCUT2D eigenvalue weighted by atomic mass is 79.9. The van der Waals surface area contributed by atoms with Crippen molar-refractivity contribution in [2.24, 2.45) is 5.92 Å². The molecular weight excluding hydrogens is 1870 g/mol. The van der Waals surface area contributed by atoms with Gasteiger partial charge in [0.25, 0.3) is 5.69 Å². The Balaban J connectivity index is 0.000000118. The molecule has 20 nitrogen and oxygen atoms in total. The molecule has 14 aromatic rings. The normalized spacial score (nSPS) is 17.8. The number of nitro groups is 1. The first-order valence-corrected chi connectivity index (χ1v) is 47.7. The van der Waals surface area contributed by atoms with E-state index >= 15 is 0 Å². The van der Waals surface area contributed by atoms with E-state index in [4.69, 9.17) is 88.6 Å². The van der Waals surface area contributed by atoms with Crippen LogP contribution < -0.4 is 5.32 Å². The third-order valence-corrected chi connectivity index (χ3v) is 27.9. The summed E-state index contributed by atoms with van der Waals surface area (Å²) in [4.78, 5) is 74.5. The number of nitrogens with zero attached hydrogens (tertiary/aromatic N) is 5. The summed E-state index contributed by atoms with van der Waals surface area (Å²) in [5.41, 5.74) is 22.1. The minimum atomic E-state index is -0.363. The first-order valence-electron chi connectivity index (χ1n) is 43.8. The molecule has 0 spiro atoms. The number of nitro benzene ring substituents is 1. The summed E-state index contributed by atoms with van der Waals surface area (Å²) < 4.78 is 23.1. The van der Waals surface area contributed by atoms with Gasteiger partial charge in [0.2, 0.25) is 5.91 Å². The monoisotopic (exact) mass is 1970 g/mol. The fourth-order valence-electron chi connectivity index (χ4n) is 19.6. The van der Waals surface area contributed by atoms with Crippen molar-refractivity contribution in [1.82, 2.24) is 49.8 Å². The lowest BCUT2D eigenvalue weighted by Gasteiger charge is -2.42. The third kappa shape index (κ3) is 20.4. The number of amides is 3. The summed E-state index contributed by atoms with van der Waals surface area (Å²) in [6.07, 6.45) is 12.2. The maximum Gasteiger partial charge on any atom is 0.410 e. The van der Waals surface area contributed by atoms with Crippen LogP contribution in [0, 0.1) is 16.0 Å². The van der Waals surface area contributed by atoms with E-state index in [2.05, 4.69) is 141 Å². The number of aromatic amines is 5. The summed E-state index contributed by atoms with van der Waals surface area (Å²) in [6.45, 7) is 12.3. The topological polar surface area (TPSA) is 235 Å². The van der Waals surface area contributed by atoms with Crippen LogP contribution in [0.4, 0.5) is 15.3 Å². The number of aromatic nitrogens is 5. The second kappa shape index (κ2) is 41.8. The molecule has 3 amide bonds. The summed E-state index contributed by atoms with van der Waals surface area (Å²) in [6, 6.07) is 61.4. The highest BCUT2D eigenvalue weighted by Gasteiger charge is 2.40. The number of non-ortho nitro benzene ring substituents is 1. The minimum absolute atomic E-state index is 0.0356. The van der Waals surface area contributed by atoms with Crippen molar-refractivity contribution >= 4 is 180 Å². The average molecular weight is 1970 g/mol. The van der Waals surface area contributed by atoms with Gasteiger partial charge in [-0.15, -0.1) is 0 Å². The van der Waals surface area contributed by atoms with Crippen LogP contribution in [-0.2, 0) is 68.8 Å². The molecule has 9 aromatic carbocycles. The number of methoxy groups -OCH3 is 1. The molecule has 28 heteroatoms. The van der Waals surface area contributed by atoms with Gasteiger partial charge < -0.3 is 54.1 Å². The summed E-state index contributed by atoms with van der Waals surface area (Å²) in [7, 11) is 1.61. The average Bonchev–Trinajstić information content (AvgIpc) is 1.63. The molecule has 10 heterocycles. The van der Waals surface area contributed by atoms with Gasteiger partial charge in [-0.1, -0.05) is 188 Å². The molecule has 666 valence electrons. The fraction of sp³-hybridized carbons (Fsp3) is 0.330. The Hall–Kier alpha value is -9.37. The predicted octanol–water partition coefficient (Wildman–Crippen LogP) is 26.0. The van der Waals surface area contributed by atoms with Crippen molar-refractivity contribution in [2.45, 2.75) is 135 Å². The SMILES string of the molecule is CCOC(=O)N1CCc2c([nH]c3ccc(Br)cc23)C1Cc1ccc(Cl)cc1Cl.CCOC(=O)N1CCc2c([nH]c3ccc(Cl)cc23)C1CC.COCCOCC(=O)N1CCc2c([nH]c3ccc(Br)cc23)C1c1ccc(Cl)cc1.Clc1ccc2[nH]c3c(c2c1)CCN(Cc1ccccc1)C3C1CCCCC1.O=[N+]([O-])c1cccc(C2NCCc3c2[nH]c2ccc(Cl)cc32)c1. The molecule has 6 aliphatic rings. The predicted molar refractivity (Wildman–Crippen MR) is 521 cm³/mol.